The van der Waals surface area contributed by atoms with Gasteiger partial charge in [-0.25, -0.2) is 4.79 Å². The summed E-state index contributed by atoms with van der Waals surface area (Å²) in [6.07, 6.45) is 0.805. The molecule has 0 fully saturated rings. The lowest BCUT2D eigenvalue weighted by Gasteiger charge is -2.24. The number of hydrogen-bond donors (Lipinski definition) is 2. The van der Waals surface area contributed by atoms with E-state index in [0.717, 1.165) is 11.3 Å². The van der Waals surface area contributed by atoms with Crippen molar-refractivity contribution < 1.29 is 19.0 Å². The molecule has 1 aliphatic rings. The summed E-state index contributed by atoms with van der Waals surface area (Å²) in [4.78, 5) is 42.5. The number of carbonyl (C=O) groups excluding carboxylic acids is 1. The van der Waals surface area contributed by atoms with Crippen molar-refractivity contribution in [3.8, 4) is 11.5 Å². The van der Waals surface area contributed by atoms with Crippen molar-refractivity contribution in [1.82, 2.24) is 9.55 Å². The van der Waals surface area contributed by atoms with Gasteiger partial charge in [0.15, 0.2) is 17.2 Å². The molecule has 2 heterocycles. The summed E-state index contributed by atoms with van der Waals surface area (Å²) in [5.41, 5.74) is 4.86. The van der Waals surface area contributed by atoms with Gasteiger partial charge >= 0.3 is 5.69 Å². The second-order valence-corrected chi connectivity index (χ2v) is 9.03. The van der Waals surface area contributed by atoms with E-state index in [9.17, 15) is 14.4 Å². The van der Waals surface area contributed by atoms with E-state index >= 15 is 0 Å². The van der Waals surface area contributed by atoms with E-state index in [-0.39, 0.29) is 42.2 Å². The Morgan fingerprint density at radius 2 is 2.00 bits per heavy atom. The molecule has 1 aliphatic heterocycles. The smallest absolute Gasteiger partial charge is 0.330 e. The van der Waals surface area contributed by atoms with Crippen LogP contribution >= 0.6 is 11.8 Å². The average molecular weight is 479 g/mol. The van der Waals surface area contributed by atoms with Gasteiger partial charge in [0.1, 0.15) is 5.82 Å². The number of aromatic amines is 1. The summed E-state index contributed by atoms with van der Waals surface area (Å²) >= 11 is 1.31. The zero-order valence-electron chi connectivity index (χ0n) is 19.1. The zero-order chi connectivity index (χ0) is 24.0. The van der Waals surface area contributed by atoms with Gasteiger partial charge < -0.3 is 24.8 Å². The first-order valence-corrected chi connectivity index (χ1v) is 11.7. The number of nitrogens with two attached hydrogens (primary N) is 1. The van der Waals surface area contributed by atoms with Gasteiger partial charge in [-0.15, -0.1) is 11.8 Å². The number of anilines is 2. The number of benzene rings is 1. The number of thioether (sulfide) groups is 1. The predicted molar refractivity (Wildman–Crippen MR) is 128 cm³/mol. The van der Waals surface area contributed by atoms with Crippen LogP contribution in [0.5, 0.6) is 11.5 Å². The Morgan fingerprint density at radius 1 is 1.27 bits per heavy atom. The monoisotopic (exact) mass is 478 g/mol. The van der Waals surface area contributed by atoms with Gasteiger partial charge in [-0.1, -0.05) is 13.8 Å². The molecule has 0 radical (unpaired) electrons. The fourth-order valence-electron chi connectivity index (χ4n) is 3.38. The molecule has 10 nitrogen and oxygen atoms in total. The minimum Gasteiger partial charge on any atom is -0.490 e. The Hall–Kier alpha value is -2.92. The average Bonchev–Trinajstić information content (AvgIpc) is 3.02. The molecule has 2 aromatic rings. The molecular formula is C22H30N4O6S. The number of aromatic nitrogens is 2. The molecule has 0 saturated carbocycles. The molecular weight excluding hydrogens is 448 g/mol. The highest BCUT2D eigenvalue weighted by Crippen LogP contribution is 2.34. The summed E-state index contributed by atoms with van der Waals surface area (Å²) in [6, 6.07) is 5.51. The van der Waals surface area contributed by atoms with Gasteiger partial charge in [-0.3, -0.25) is 19.1 Å². The number of carbonyl (C=O) groups is 1. The Balaban J connectivity index is 1.85. The standard InChI is InChI=1S/C22H30N4O6S/c1-14(2)12-26-20(23)19(21(28)24-22(26)29)25(7-10-30-3)18(27)13-33-15-5-6-16-17(11-15)32-9-4-8-31-16/h5-6,11,14H,4,7-10,12-13,23H2,1-3H3,(H,24,28,29). The topological polar surface area (TPSA) is 129 Å². The summed E-state index contributed by atoms with van der Waals surface area (Å²) < 4.78 is 17.8. The molecule has 3 rings (SSSR count). The fourth-order valence-corrected chi connectivity index (χ4v) is 4.19. The molecule has 33 heavy (non-hydrogen) atoms. The van der Waals surface area contributed by atoms with Crippen LogP contribution in [0, 0.1) is 5.92 Å². The van der Waals surface area contributed by atoms with Gasteiger partial charge in [0.05, 0.1) is 25.6 Å². The lowest BCUT2D eigenvalue weighted by Crippen LogP contribution is -2.43. The van der Waals surface area contributed by atoms with E-state index in [4.69, 9.17) is 19.9 Å². The molecule has 0 unspecified atom stereocenters. The normalized spacial score (nSPS) is 13.1. The van der Waals surface area contributed by atoms with Crippen LogP contribution in [0.4, 0.5) is 11.5 Å². The number of rotatable bonds is 9. The van der Waals surface area contributed by atoms with E-state index < -0.39 is 11.2 Å². The fraction of sp³-hybridized carbons (Fsp3) is 0.500. The first-order valence-electron chi connectivity index (χ1n) is 10.8. The number of methoxy groups -OCH3 is 1. The van der Waals surface area contributed by atoms with E-state index in [1.54, 1.807) is 0 Å². The van der Waals surface area contributed by atoms with Crippen LogP contribution in [0.2, 0.25) is 0 Å². The van der Waals surface area contributed by atoms with Crippen LogP contribution in [0.3, 0.4) is 0 Å². The summed E-state index contributed by atoms with van der Waals surface area (Å²) in [7, 11) is 1.50. The molecule has 3 N–H and O–H groups in total. The van der Waals surface area contributed by atoms with E-state index in [1.807, 2.05) is 32.0 Å². The Bertz CT molecular complexity index is 1100. The molecule has 0 bridgehead atoms. The number of H-pyrrole nitrogens is 1. The van der Waals surface area contributed by atoms with Crippen molar-refractivity contribution >= 4 is 29.2 Å². The van der Waals surface area contributed by atoms with Crippen molar-refractivity contribution in [3.05, 3.63) is 39.0 Å². The number of nitrogen functional groups attached to an aromatic ring is 1. The third-order valence-electron chi connectivity index (χ3n) is 4.93. The summed E-state index contributed by atoms with van der Waals surface area (Å²) in [5.74, 6) is 1.10. The van der Waals surface area contributed by atoms with Crippen LogP contribution < -0.4 is 31.4 Å². The van der Waals surface area contributed by atoms with Crippen LogP contribution in [-0.2, 0) is 16.1 Å². The molecule has 0 atom stereocenters. The first-order chi connectivity index (χ1) is 15.8. The highest BCUT2D eigenvalue weighted by molar-refractivity contribution is 8.00. The van der Waals surface area contributed by atoms with Crippen LogP contribution in [0.15, 0.2) is 32.7 Å². The molecule has 11 heteroatoms. The summed E-state index contributed by atoms with van der Waals surface area (Å²) in [5, 5.41) is 0. The Kier molecular flexibility index (Phi) is 8.45. The van der Waals surface area contributed by atoms with Crippen LogP contribution in [0.25, 0.3) is 0 Å². The van der Waals surface area contributed by atoms with Crippen LogP contribution in [-0.4, -0.2) is 54.7 Å². The Morgan fingerprint density at radius 3 is 2.70 bits per heavy atom. The predicted octanol–water partition coefficient (Wildman–Crippen LogP) is 1.71. The maximum absolute atomic E-state index is 13.2. The molecule has 1 amide bonds. The van der Waals surface area contributed by atoms with E-state index in [0.29, 0.717) is 31.3 Å². The second-order valence-electron chi connectivity index (χ2n) is 7.98. The van der Waals surface area contributed by atoms with Crippen molar-refractivity contribution in [2.45, 2.75) is 31.7 Å². The van der Waals surface area contributed by atoms with Gasteiger partial charge in [0.2, 0.25) is 5.91 Å². The minimum atomic E-state index is -0.706. The number of nitrogens with zero attached hydrogens (tertiary/aromatic N) is 2. The van der Waals surface area contributed by atoms with E-state index in [2.05, 4.69) is 4.98 Å². The number of hydrogen-bond acceptors (Lipinski definition) is 8. The maximum Gasteiger partial charge on any atom is 0.330 e. The van der Waals surface area contributed by atoms with E-state index in [1.165, 1.54) is 28.3 Å². The van der Waals surface area contributed by atoms with Gasteiger partial charge in [0.25, 0.3) is 5.56 Å². The molecule has 0 spiro atoms. The third-order valence-corrected chi connectivity index (χ3v) is 5.91. The quantitative estimate of drug-likeness (QED) is 0.521. The number of fused-ring (bicyclic) bond motifs is 1. The van der Waals surface area contributed by atoms with Crippen LogP contribution in [0.1, 0.15) is 20.3 Å². The first kappa shape index (κ1) is 24.7. The van der Waals surface area contributed by atoms with Crippen molar-refractivity contribution in [2.75, 3.05) is 49.9 Å². The lowest BCUT2D eigenvalue weighted by molar-refractivity contribution is -0.116. The number of amides is 1. The molecule has 0 aliphatic carbocycles. The lowest BCUT2D eigenvalue weighted by atomic mass is 10.2. The second kappa shape index (κ2) is 11.3. The largest absolute Gasteiger partial charge is 0.490 e. The third kappa shape index (κ3) is 6.11. The molecule has 0 saturated heterocycles. The number of ether oxygens (including phenoxy) is 3. The van der Waals surface area contributed by atoms with Crippen molar-refractivity contribution in [1.29, 1.82) is 0 Å². The van der Waals surface area contributed by atoms with Gasteiger partial charge in [-0.2, -0.15) is 0 Å². The van der Waals surface area contributed by atoms with Crippen molar-refractivity contribution in [2.24, 2.45) is 5.92 Å². The number of nitrogens with one attached hydrogen (secondary N) is 1. The van der Waals surface area contributed by atoms with Crippen molar-refractivity contribution in [3.63, 3.8) is 0 Å². The SMILES string of the molecule is COCCN(C(=O)CSc1ccc2c(c1)OCCCO2)c1c(N)n(CC(C)C)c(=O)[nH]c1=O. The molecule has 180 valence electrons. The highest BCUT2D eigenvalue weighted by Gasteiger charge is 2.24. The minimum absolute atomic E-state index is 0.0394. The van der Waals surface area contributed by atoms with Gasteiger partial charge in [0, 0.05) is 31.5 Å². The highest BCUT2D eigenvalue weighted by atomic mass is 32.2. The van der Waals surface area contributed by atoms with Gasteiger partial charge in [-0.05, 0) is 24.1 Å². The molecule has 1 aromatic heterocycles. The maximum atomic E-state index is 13.2. The Labute approximate surface area is 196 Å². The zero-order valence-corrected chi connectivity index (χ0v) is 19.9. The summed E-state index contributed by atoms with van der Waals surface area (Å²) in [6.45, 7) is 5.65. The molecule has 1 aromatic carbocycles.